The Kier molecular flexibility index (Phi) is 22.8. The van der Waals surface area contributed by atoms with Gasteiger partial charge in [0, 0.05) is 34.1 Å². The van der Waals surface area contributed by atoms with Crippen molar-refractivity contribution in [2.75, 3.05) is 9.80 Å². The van der Waals surface area contributed by atoms with Crippen molar-refractivity contribution in [1.29, 1.82) is 0 Å². The third kappa shape index (κ3) is 17.7. The normalized spacial score (nSPS) is 11.4. The predicted octanol–water partition coefficient (Wildman–Crippen LogP) is 40.7. The standard InChI is InChI=1S/C78H51N.C66H45N/c1-4-10-61-43-67(25-13-52(61)7-1)70-28-19-58-16-22-64(46-73(58)49-70)55-31-37-76(38-32-55)79(77-39-33-56(34-40-77)65-23-17-59-20-29-71(50-74(59)47-65)68-26-14-53-8-2-5-11-62(53)44-68)78-41-35-57(36-42-78)66-24-18-60-21-30-72(51-75(60)48-66)69-27-15-54-9-3-6-12-63(54)45-69;1-4-10-46(11-5-1)55-22-16-52-19-25-58(43-61(52)40-55)49-28-34-64(35-29-49)67(65-36-30-50(31-37-65)59-26-20-53-17-23-56(41-62(53)44-59)47-12-6-2-7-13-47)66-38-32-51(33-39-66)60-27-21-54-18-24-57(42-63(54)45-60)48-14-8-3-9-15-48/h1-51H;1-45H. The zero-order chi connectivity index (χ0) is 96.7. The second-order valence-electron chi connectivity index (χ2n) is 38.4. The molecule has 2 nitrogen and oxygen atoms in total. The number of rotatable bonds is 18. The van der Waals surface area contributed by atoms with Gasteiger partial charge in [0.1, 0.15) is 0 Å². The zero-order valence-corrected chi connectivity index (χ0v) is 80.3. The van der Waals surface area contributed by atoms with Gasteiger partial charge < -0.3 is 9.80 Å². The van der Waals surface area contributed by atoms with Crippen LogP contribution in [0.2, 0.25) is 0 Å². The van der Waals surface area contributed by atoms with Gasteiger partial charge in [-0.15, -0.1) is 0 Å². The molecule has 0 radical (unpaired) electrons. The van der Waals surface area contributed by atoms with Gasteiger partial charge in [0.25, 0.3) is 0 Å². The molecule has 0 heterocycles. The van der Waals surface area contributed by atoms with E-state index < -0.39 is 0 Å². The van der Waals surface area contributed by atoms with E-state index in [1.165, 1.54) is 230 Å². The molecule has 0 fully saturated rings. The van der Waals surface area contributed by atoms with Crippen LogP contribution < -0.4 is 9.80 Å². The molecule has 0 saturated carbocycles. The molecule has 146 heavy (non-hydrogen) atoms. The largest absolute Gasteiger partial charge is 0.311 e. The lowest BCUT2D eigenvalue weighted by molar-refractivity contribution is 1.28. The zero-order valence-electron chi connectivity index (χ0n) is 80.3. The molecule has 27 aromatic carbocycles. The Morgan fingerprint density at radius 3 is 0.322 bits per heavy atom. The van der Waals surface area contributed by atoms with Crippen LogP contribution >= 0.6 is 0 Å². The van der Waals surface area contributed by atoms with Gasteiger partial charge in [0.05, 0.1) is 0 Å². The fraction of sp³-hybridized carbons (Fsp3) is 0. The minimum atomic E-state index is 1.09. The highest BCUT2D eigenvalue weighted by Crippen LogP contribution is 2.45. The van der Waals surface area contributed by atoms with Gasteiger partial charge in [-0.25, -0.2) is 0 Å². The third-order valence-corrected chi connectivity index (χ3v) is 29.4. The van der Waals surface area contributed by atoms with Crippen LogP contribution in [0.3, 0.4) is 0 Å². The van der Waals surface area contributed by atoms with E-state index in [0.717, 1.165) is 34.1 Å². The molecule has 2 heteroatoms. The van der Waals surface area contributed by atoms with Crippen molar-refractivity contribution in [1.82, 2.24) is 0 Å². The molecule has 27 aromatic rings. The summed E-state index contributed by atoms with van der Waals surface area (Å²) in [5.74, 6) is 0. The highest BCUT2D eigenvalue weighted by Gasteiger charge is 2.20. The molecular formula is C144H96N2. The second-order valence-corrected chi connectivity index (χ2v) is 38.4. The van der Waals surface area contributed by atoms with E-state index >= 15 is 0 Å². The number of nitrogens with zero attached hydrogens (tertiary/aromatic N) is 2. The van der Waals surface area contributed by atoms with Crippen LogP contribution in [0.4, 0.5) is 34.1 Å². The van der Waals surface area contributed by atoms with E-state index in [1.54, 1.807) is 0 Å². The van der Waals surface area contributed by atoms with E-state index in [1.807, 2.05) is 0 Å². The quantitative estimate of drug-likeness (QED) is 0.0845. The van der Waals surface area contributed by atoms with Crippen LogP contribution in [0, 0.1) is 0 Å². The SMILES string of the molecule is c1ccc(-c2ccc3ccc(-c4ccc(N(c5ccc(-c6ccc7ccc(-c8ccccc8)cc7c6)cc5)c5ccc(-c6ccc7ccc(-c8ccccc8)cc7c6)cc5)cc4)cc3c2)cc1.c1ccc2cc(-c3ccc4ccc(-c5ccc(N(c6ccc(-c7ccc8ccc(-c9ccc%10ccccc%10c9)cc8c7)cc6)c6ccc(-c7ccc8ccc(-c9ccc%10ccccc%10c9)cc8c7)cc6)cc5)cc4c3)ccc2c1. The molecule has 0 amide bonds. The molecular weight excluding hydrogens is 1760 g/mol. The summed E-state index contributed by atoms with van der Waals surface area (Å²) in [5.41, 5.74) is 35.4. The fourth-order valence-corrected chi connectivity index (χ4v) is 21.3. The molecule has 682 valence electrons. The molecule has 0 aliphatic carbocycles. The summed E-state index contributed by atoms with van der Waals surface area (Å²) in [5, 5.41) is 22.3. The van der Waals surface area contributed by atoms with Gasteiger partial charge in [-0.05, 0) is 394 Å². The summed E-state index contributed by atoms with van der Waals surface area (Å²) in [6, 6.07) is 214. The lowest BCUT2D eigenvalue weighted by Crippen LogP contribution is -2.09. The van der Waals surface area contributed by atoms with E-state index in [0.29, 0.717) is 0 Å². The minimum Gasteiger partial charge on any atom is -0.311 e. The van der Waals surface area contributed by atoms with Crippen LogP contribution in [0.1, 0.15) is 0 Å². The van der Waals surface area contributed by atoms with Crippen molar-refractivity contribution >= 4 is 131 Å². The molecule has 0 atom stereocenters. The molecule has 0 aromatic heterocycles. The first-order chi connectivity index (χ1) is 72.2. The summed E-state index contributed by atoms with van der Waals surface area (Å²) in [6.45, 7) is 0. The Labute approximate surface area is 850 Å². The van der Waals surface area contributed by atoms with Crippen molar-refractivity contribution in [2.45, 2.75) is 0 Å². The molecule has 0 N–H and O–H groups in total. The summed E-state index contributed by atoms with van der Waals surface area (Å²) >= 11 is 0. The number of anilines is 6. The molecule has 0 unspecified atom stereocenters. The lowest BCUT2D eigenvalue weighted by Gasteiger charge is -2.26. The fourth-order valence-electron chi connectivity index (χ4n) is 21.3. The number of hydrogen-bond acceptors (Lipinski definition) is 2. The van der Waals surface area contributed by atoms with Crippen LogP contribution in [0.15, 0.2) is 582 Å². The first kappa shape index (κ1) is 87.2. The van der Waals surface area contributed by atoms with E-state index in [9.17, 15) is 0 Å². The summed E-state index contributed by atoms with van der Waals surface area (Å²) in [7, 11) is 0. The Hall–Kier alpha value is -19.1. The maximum atomic E-state index is 2.38. The average molecular weight is 1850 g/mol. The topological polar surface area (TPSA) is 6.48 Å². The van der Waals surface area contributed by atoms with Crippen molar-refractivity contribution < 1.29 is 0 Å². The van der Waals surface area contributed by atoms with Crippen LogP contribution in [-0.2, 0) is 0 Å². The highest BCUT2D eigenvalue weighted by atomic mass is 15.1. The lowest BCUT2D eigenvalue weighted by atomic mass is 9.96. The van der Waals surface area contributed by atoms with Crippen molar-refractivity contribution in [3.05, 3.63) is 582 Å². The molecule has 0 saturated heterocycles. The number of hydrogen-bond donors (Lipinski definition) is 0. The van der Waals surface area contributed by atoms with Gasteiger partial charge in [0.2, 0.25) is 0 Å². The summed E-state index contributed by atoms with van der Waals surface area (Å²) in [4.78, 5) is 4.74. The Balaban J connectivity index is 0.000000150. The van der Waals surface area contributed by atoms with Gasteiger partial charge in [0.15, 0.2) is 0 Å². The van der Waals surface area contributed by atoms with Crippen molar-refractivity contribution in [3.8, 4) is 134 Å². The van der Waals surface area contributed by atoms with Gasteiger partial charge in [-0.2, -0.15) is 0 Å². The molecule has 0 aliphatic rings. The third-order valence-electron chi connectivity index (χ3n) is 29.4. The van der Waals surface area contributed by atoms with Crippen LogP contribution in [0.5, 0.6) is 0 Å². The maximum absolute atomic E-state index is 2.38. The van der Waals surface area contributed by atoms with Crippen LogP contribution in [0.25, 0.3) is 230 Å². The van der Waals surface area contributed by atoms with Gasteiger partial charge in [-0.1, -0.05) is 419 Å². The molecule has 0 spiro atoms. The Morgan fingerprint density at radius 1 is 0.0685 bits per heavy atom. The average Bonchev–Trinajstić information content (AvgIpc) is 0.786. The maximum Gasteiger partial charge on any atom is 0.0462 e. The Morgan fingerprint density at radius 2 is 0.171 bits per heavy atom. The van der Waals surface area contributed by atoms with E-state index in [-0.39, 0.29) is 0 Å². The van der Waals surface area contributed by atoms with Gasteiger partial charge >= 0.3 is 0 Å². The monoisotopic (exact) mass is 1850 g/mol. The Bertz CT molecular complexity index is 8730. The minimum absolute atomic E-state index is 1.09. The second kappa shape index (κ2) is 38.1. The van der Waals surface area contributed by atoms with Gasteiger partial charge in [-0.3, -0.25) is 0 Å². The number of benzene rings is 27. The summed E-state index contributed by atoms with van der Waals surface area (Å²) < 4.78 is 0. The van der Waals surface area contributed by atoms with Crippen molar-refractivity contribution in [2.24, 2.45) is 0 Å². The summed E-state index contributed by atoms with van der Waals surface area (Å²) in [6.07, 6.45) is 0. The predicted molar refractivity (Wildman–Crippen MR) is 625 cm³/mol. The first-order valence-electron chi connectivity index (χ1n) is 50.3. The number of fused-ring (bicyclic) bond motifs is 9. The smallest absolute Gasteiger partial charge is 0.0462 e. The van der Waals surface area contributed by atoms with Crippen LogP contribution in [-0.4, -0.2) is 0 Å². The molecule has 27 rings (SSSR count). The first-order valence-corrected chi connectivity index (χ1v) is 50.3. The van der Waals surface area contributed by atoms with Crippen molar-refractivity contribution in [3.63, 3.8) is 0 Å². The highest BCUT2D eigenvalue weighted by molar-refractivity contribution is 6.01. The van der Waals surface area contributed by atoms with E-state index in [2.05, 4.69) is 592 Å². The van der Waals surface area contributed by atoms with E-state index in [4.69, 9.17) is 0 Å². The molecule has 0 bridgehead atoms. The molecule has 0 aliphatic heterocycles.